The standard InChI is InChI=1S/C28H32N2O3/c1-3-24(28(32)25-12-8-5-9-13-25)15-14-22(2)33-21-27(31)29-26-16-18-30(19-17-26)20-23-10-6-4-7-11-23/h3-15,26H,1,16-21H2,2H3,(H,29,31)/b22-14+,24-15+. The van der Waals surface area contributed by atoms with Crippen molar-refractivity contribution in [2.24, 2.45) is 0 Å². The minimum absolute atomic E-state index is 0.0452. The number of piperidine rings is 1. The first-order valence-corrected chi connectivity index (χ1v) is 11.3. The summed E-state index contributed by atoms with van der Waals surface area (Å²) < 4.78 is 5.57. The lowest BCUT2D eigenvalue weighted by Crippen LogP contribution is -2.45. The Labute approximate surface area is 196 Å². The average Bonchev–Trinajstić information content (AvgIpc) is 2.85. The fraction of sp³-hybridized carbons (Fsp3) is 0.286. The number of Topliss-reactive ketones (excluding diaryl/α,β-unsaturated/α-hetero) is 1. The SMILES string of the molecule is C=C/C(=C\C=C(/C)OCC(=O)NC1CCN(Cc2ccccc2)CC1)C(=O)c1ccccc1. The molecular weight excluding hydrogens is 412 g/mol. The highest BCUT2D eigenvalue weighted by Gasteiger charge is 2.20. The minimum atomic E-state index is -0.127. The van der Waals surface area contributed by atoms with Crippen LogP contribution in [0.5, 0.6) is 0 Å². The number of rotatable bonds is 10. The van der Waals surface area contributed by atoms with Gasteiger partial charge in [0, 0.05) is 36.8 Å². The molecule has 1 amide bonds. The van der Waals surface area contributed by atoms with E-state index in [1.54, 1.807) is 31.2 Å². The van der Waals surface area contributed by atoms with Crippen molar-refractivity contribution in [1.82, 2.24) is 10.2 Å². The van der Waals surface area contributed by atoms with Crippen LogP contribution in [0.4, 0.5) is 0 Å². The van der Waals surface area contributed by atoms with Gasteiger partial charge in [-0.05, 0) is 37.5 Å². The first-order valence-electron chi connectivity index (χ1n) is 11.3. The number of amides is 1. The van der Waals surface area contributed by atoms with Gasteiger partial charge in [0.1, 0.15) is 0 Å². The molecule has 1 saturated heterocycles. The summed E-state index contributed by atoms with van der Waals surface area (Å²) in [5.41, 5.74) is 2.38. The Kier molecular flexibility index (Phi) is 9.21. The molecular formula is C28H32N2O3. The van der Waals surface area contributed by atoms with E-state index >= 15 is 0 Å². The largest absolute Gasteiger partial charge is 0.488 e. The summed E-state index contributed by atoms with van der Waals surface area (Å²) in [6.07, 6.45) is 6.74. The zero-order chi connectivity index (χ0) is 23.5. The van der Waals surface area contributed by atoms with Gasteiger partial charge in [0.15, 0.2) is 12.4 Å². The summed E-state index contributed by atoms with van der Waals surface area (Å²) >= 11 is 0. The Hall–Kier alpha value is -3.44. The number of nitrogens with one attached hydrogen (secondary N) is 1. The second-order valence-electron chi connectivity index (χ2n) is 8.19. The lowest BCUT2D eigenvalue weighted by Gasteiger charge is -2.32. The Morgan fingerprint density at radius 3 is 2.30 bits per heavy atom. The van der Waals surface area contributed by atoms with Crippen LogP contribution in [0.1, 0.15) is 35.7 Å². The fourth-order valence-electron chi connectivity index (χ4n) is 3.77. The second kappa shape index (κ2) is 12.6. The predicted molar refractivity (Wildman–Crippen MR) is 132 cm³/mol. The predicted octanol–water partition coefficient (Wildman–Crippen LogP) is 4.68. The van der Waals surface area contributed by atoms with E-state index in [9.17, 15) is 9.59 Å². The number of likely N-dealkylation sites (tertiary alicyclic amines) is 1. The van der Waals surface area contributed by atoms with Crippen LogP contribution in [0.25, 0.3) is 0 Å². The maximum Gasteiger partial charge on any atom is 0.258 e. The van der Waals surface area contributed by atoms with Crippen LogP contribution in [-0.4, -0.2) is 42.3 Å². The molecule has 1 aliphatic rings. The summed E-state index contributed by atoms with van der Waals surface area (Å²) in [5, 5.41) is 3.07. The Morgan fingerprint density at radius 2 is 1.67 bits per heavy atom. The molecule has 2 aromatic rings. The Bertz CT molecular complexity index is 988. The Balaban J connectivity index is 1.41. The van der Waals surface area contributed by atoms with Gasteiger partial charge in [-0.3, -0.25) is 14.5 Å². The number of hydrogen-bond acceptors (Lipinski definition) is 4. The van der Waals surface area contributed by atoms with Crippen molar-refractivity contribution >= 4 is 11.7 Å². The third kappa shape index (κ3) is 7.88. The first-order chi connectivity index (χ1) is 16.0. The number of carbonyl (C=O) groups is 2. The third-order valence-corrected chi connectivity index (χ3v) is 5.65. The van der Waals surface area contributed by atoms with Gasteiger partial charge in [0.25, 0.3) is 5.91 Å². The molecule has 5 nitrogen and oxygen atoms in total. The van der Waals surface area contributed by atoms with Crippen LogP contribution in [0.15, 0.2) is 96.8 Å². The van der Waals surface area contributed by atoms with Gasteiger partial charge >= 0.3 is 0 Å². The van der Waals surface area contributed by atoms with Crippen molar-refractivity contribution in [2.75, 3.05) is 19.7 Å². The summed E-state index contributed by atoms with van der Waals surface area (Å²) in [6, 6.07) is 19.7. The molecule has 33 heavy (non-hydrogen) atoms. The van der Waals surface area contributed by atoms with Gasteiger partial charge in [0.05, 0.1) is 5.76 Å². The third-order valence-electron chi connectivity index (χ3n) is 5.65. The molecule has 0 unspecified atom stereocenters. The van der Waals surface area contributed by atoms with E-state index in [-0.39, 0.29) is 24.3 Å². The van der Waals surface area contributed by atoms with E-state index in [1.165, 1.54) is 11.6 Å². The topological polar surface area (TPSA) is 58.6 Å². The zero-order valence-corrected chi connectivity index (χ0v) is 19.2. The van der Waals surface area contributed by atoms with Crippen LogP contribution in [0.3, 0.4) is 0 Å². The van der Waals surface area contributed by atoms with E-state index in [0.717, 1.165) is 32.5 Å². The van der Waals surface area contributed by atoms with E-state index in [2.05, 4.69) is 41.1 Å². The molecule has 1 aliphatic heterocycles. The molecule has 0 spiro atoms. The quantitative estimate of drug-likeness (QED) is 0.250. The van der Waals surface area contributed by atoms with E-state index in [1.807, 2.05) is 24.3 Å². The van der Waals surface area contributed by atoms with Crippen LogP contribution in [0.2, 0.25) is 0 Å². The molecule has 0 radical (unpaired) electrons. The maximum absolute atomic E-state index is 12.5. The number of hydrogen-bond donors (Lipinski definition) is 1. The minimum Gasteiger partial charge on any atom is -0.488 e. The monoisotopic (exact) mass is 444 g/mol. The van der Waals surface area contributed by atoms with Gasteiger partial charge in [-0.1, -0.05) is 73.3 Å². The van der Waals surface area contributed by atoms with Crippen molar-refractivity contribution in [3.8, 4) is 0 Å². The molecule has 0 aromatic heterocycles. The normalized spacial score (nSPS) is 15.7. The highest BCUT2D eigenvalue weighted by Crippen LogP contribution is 2.14. The molecule has 5 heteroatoms. The number of nitrogens with zero attached hydrogens (tertiary/aromatic N) is 1. The lowest BCUT2D eigenvalue weighted by molar-refractivity contribution is -0.125. The maximum atomic E-state index is 12.5. The molecule has 0 saturated carbocycles. The van der Waals surface area contributed by atoms with Crippen LogP contribution in [0, 0.1) is 0 Å². The number of ether oxygens (including phenoxy) is 1. The van der Waals surface area contributed by atoms with Crippen LogP contribution >= 0.6 is 0 Å². The molecule has 1 N–H and O–H groups in total. The van der Waals surface area contributed by atoms with Crippen LogP contribution < -0.4 is 5.32 Å². The molecule has 0 bridgehead atoms. The molecule has 1 heterocycles. The fourth-order valence-corrected chi connectivity index (χ4v) is 3.77. The number of allylic oxidation sites excluding steroid dienone is 5. The number of ketones is 1. The van der Waals surface area contributed by atoms with Crippen molar-refractivity contribution in [3.05, 3.63) is 108 Å². The van der Waals surface area contributed by atoms with E-state index in [0.29, 0.717) is 16.9 Å². The molecule has 3 rings (SSSR count). The van der Waals surface area contributed by atoms with Crippen molar-refractivity contribution < 1.29 is 14.3 Å². The van der Waals surface area contributed by atoms with Gasteiger partial charge in [-0.25, -0.2) is 0 Å². The highest BCUT2D eigenvalue weighted by atomic mass is 16.5. The van der Waals surface area contributed by atoms with Crippen molar-refractivity contribution in [2.45, 2.75) is 32.4 Å². The molecule has 2 aromatic carbocycles. The number of carbonyl (C=O) groups excluding carboxylic acids is 2. The molecule has 172 valence electrons. The molecule has 1 fully saturated rings. The lowest BCUT2D eigenvalue weighted by atomic mass is 10.0. The van der Waals surface area contributed by atoms with Crippen molar-refractivity contribution in [1.29, 1.82) is 0 Å². The summed E-state index contributed by atoms with van der Waals surface area (Å²) in [4.78, 5) is 27.3. The zero-order valence-electron chi connectivity index (χ0n) is 19.2. The molecule has 0 aliphatic carbocycles. The average molecular weight is 445 g/mol. The van der Waals surface area contributed by atoms with Gasteiger partial charge in [0.2, 0.25) is 0 Å². The van der Waals surface area contributed by atoms with E-state index < -0.39 is 0 Å². The van der Waals surface area contributed by atoms with Crippen LogP contribution in [-0.2, 0) is 16.1 Å². The molecule has 0 atom stereocenters. The number of benzene rings is 2. The smallest absolute Gasteiger partial charge is 0.258 e. The highest BCUT2D eigenvalue weighted by molar-refractivity contribution is 6.10. The summed E-state index contributed by atoms with van der Waals surface area (Å²) in [6.45, 7) is 8.32. The van der Waals surface area contributed by atoms with Crippen molar-refractivity contribution in [3.63, 3.8) is 0 Å². The summed E-state index contributed by atoms with van der Waals surface area (Å²) in [7, 11) is 0. The van der Waals surface area contributed by atoms with Gasteiger partial charge in [-0.2, -0.15) is 0 Å². The summed E-state index contributed by atoms with van der Waals surface area (Å²) in [5.74, 6) is 0.326. The van der Waals surface area contributed by atoms with E-state index in [4.69, 9.17) is 4.74 Å². The Morgan fingerprint density at radius 1 is 1.03 bits per heavy atom. The van der Waals surface area contributed by atoms with Gasteiger partial charge in [-0.15, -0.1) is 0 Å². The van der Waals surface area contributed by atoms with Gasteiger partial charge < -0.3 is 10.1 Å². The first kappa shape index (κ1) is 24.2. The second-order valence-corrected chi connectivity index (χ2v) is 8.19.